The Balaban J connectivity index is 2.03. The Bertz CT molecular complexity index is 676. The molecule has 0 atom stereocenters. The quantitative estimate of drug-likeness (QED) is 0.575. The standard InChI is InChI=1S/C20H20O3/c1-4-13-22-19-11-9-18(10-12-19)20(21)17-7-5-16(6-8-17)14-23-15(2)3/h1,5-12,15H,13-14H2,2-3H3. The second-order valence-electron chi connectivity index (χ2n) is 5.40. The van der Waals surface area contributed by atoms with Gasteiger partial charge in [0.15, 0.2) is 5.78 Å². The van der Waals surface area contributed by atoms with Crippen molar-refractivity contribution in [3.63, 3.8) is 0 Å². The molecule has 3 heteroatoms. The molecule has 0 saturated heterocycles. The van der Waals surface area contributed by atoms with Crippen LogP contribution in [0.2, 0.25) is 0 Å². The number of carbonyl (C=O) groups excluding carboxylic acids is 1. The summed E-state index contributed by atoms with van der Waals surface area (Å²) >= 11 is 0. The maximum atomic E-state index is 12.4. The number of rotatable bonds is 7. The summed E-state index contributed by atoms with van der Waals surface area (Å²) in [7, 11) is 0. The summed E-state index contributed by atoms with van der Waals surface area (Å²) in [4.78, 5) is 12.4. The zero-order chi connectivity index (χ0) is 16.7. The lowest BCUT2D eigenvalue weighted by atomic mass is 10.0. The van der Waals surface area contributed by atoms with Crippen LogP contribution in [0.1, 0.15) is 35.3 Å². The van der Waals surface area contributed by atoms with Crippen LogP contribution in [0.3, 0.4) is 0 Å². The molecule has 0 aliphatic rings. The smallest absolute Gasteiger partial charge is 0.193 e. The zero-order valence-corrected chi connectivity index (χ0v) is 13.4. The number of hydrogen-bond acceptors (Lipinski definition) is 3. The van der Waals surface area contributed by atoms with Gasteiger partial charge in [-0.1, -0.05) is 30.2 Å². The van der Waals surface area contributed by atoms with Crippen molar-refractivity contribution in [2.45, 2.75) is 26.6 Å². The molecule has 2 rings (SSSR count). The van der Waals surface area contributed by atoms with E-state index in [0.29, 0.717) is 23.5 Å². The van der Waals surface area contributed by atoms with Crippen LogP contribution in [0.4, 0.5) is 0 Å². The third-order valence-corrected chi connectivity index (χ3v) is 3.24. The number of terminal acetylenes is 1. The topological polar surface area (TPSA) is 35.5 Å². The van der Waals surface area contributed by atoms with E-state index in [4.69, 9.17) is 15.9 Å². The number of hydrogen-bond donors (Lipinski definition) is 0. The van der Waals surface area contributed by atoms with Gasteiger partial charge in [0, 0.05) is 11.1 Å². The van der Waals surface area contributed by atoms with E-state index in [1.165, 1.54) is 0 Å². The summed E-state index contributed by atoms with van der Waals surface area (Å²) in [6, 6.07) is 14.5. The van der Waals surface area contributed by atoms with Crippen molar-refractivity contribution in [3.05, 3.63) is 65.2 Å². The SMILES string of the molecule is C#CCOc1ccc(C(=O)c2ccc(COC(C)C)cc2)cc1. The molecule has 118 valence electrons. The van der Waals surface area contributed by atoms with Gasteiger partial charge in [-0.25, -0.2) is 0 Å². The third-order valence-electron chi connectivity index (χ3n) is 3.24. The van der Waals surface area contributed by atoms with Crippen LogP contribution >= 0.6 is 0 Å². The van der Waals surface area contributed by atoms with Crippen LogP contribution in [0.5, 0.6) is 5.75 Å². The fourth-order valence-electron chi connectivity index (χ4n) is 2.01. The van der Waals surface area contributed by atoms with Crippen molar-refractivity contribution in [1.29, 1.82) is 0 Å². The molecule has 0 spiro atoms. The zero-order valence-electron chi connectivity index (χ0n) is 13.4. The molecule has 0 aliphatic carbocycles. The van der Waals surface area contributed by atoms with Gasteiger partial charge in [0.1, 0.15) is 12.4 Å². The van der Waals surface area contributed by atoms with Crippen molar-refractivity contribution in [2.24, 2.45) is 0 Å². The fraction of sp³-hybridized carbons (Fsp3) is 0.250. The lowest BCUT2D eigenvalue weighted by Crippen LogP contribution is -2.04. The van der Waals surface area contributed by atoms with Crippen molar-refractivity contribution >= 4 is 5.78 Å². The van der Waals surface area contributed by atoms with E-state index in [1.807, 2.05) is 38.1 Å². The van der Waals surface area contributed by atoms with E-state index in [0.717, 1.165) is 5.56 Å². The highest BCUT2D eigenvalue weighted by Crippen LogP contribution is 2.16. The molecular formula is C20H20O3. The molecule has 0 aliphatic heterocycles. The van der Waals surface area contributed by atoms with Crippen LogP contribution in [-0.2, 0) is 11.3 Å². The van der Waals surface area contributed by atoms with Gasteiger partial charge in [0.2, 0.25) is 0 Å². The van der Waals surface area contributed by atoms with E-state index in [-0.39, 0.29) is 18.5 Å². The van der Waals surface area contributed by atoms with Crippen molar-refractivity contribution in [1.82, 2.24) is 0 Å². The molecule has 2 aromatic carbocycles. The summed E-state index contributed by atoms with van der Waals surface area (Å²) in [5.74, 6) is 3.03. The predicted molar refractivity (Wildman–Crippen MR) is 90.6 cm³/mol. The van der Waals surface area contributed by atoms with Crippen molar-refractivity contribution in [3.8, 4) is 18.1 Å². The first-order chi connectivity index (χ1) is 11.1. The van der Waals surface area contributed by atoms with Gasteiger partial charge in [0.05, 0.1) is 12.7 Å². The van der Waals surface area contributed by atoms with E-state index < -0.39 is 0 Å². The largest absolute Gasteiger partial charge is 0.481 e. The molecular weight excluding hydrogens is 288 g/mol. The third kappa shape index (κ3) is 4.98. The van der Waals surface area contributed by atoms with Crippen LogP contribution in [0, 0.1) is 12.3 Å². The highest BCUT2D eigenvalue weighted by atomic mass is 16.5. The van der Waals surface area contributed by atoms with E-state index in [2.05, 4.69) is 5.92 Å². The van der Waals surface area contributed by atoms with Gasteiger partial charge >= 0.3 is 0 Å². The first-order valence-corrected chi connectivity index (χ1v) is 7.51. The van der Waals surface area contributed by atoms with E-state index in [1.54, 1.807) is 24.3 Å². The molecule has 23 heavy (non-hydrogen) atoms. The van der Waals surface area contributed by atoms with Crippen LogP contribution < -0.4 is 4.74 Å². The monoisotopic (exact) mass is 308 g/mol. The minimum Gasteiger partial charge on any atom is -0.481 e. The predicted octanol–water partition coefficient (Wildman–Crippen LogP) is 3.85. The van der Waals surface area contributed by atoms with Gasteiger partial charge < -0.3 is 9.47 Å². The molecule has 0 N–H and O–H groups in total. The molecule has 0 bridgehead atoms. The second-order valence-corrected chi connectivity index (χ2v) is 5.40. The summed E-state index contributed by atoms with van der Waals surface area (Å²) in [5.41, 5.74) is 2.31. The van der Waals surface area contributed by atoms with Gasteiger partial charge in [-0.2, -0.15) is 0 Å². The Morgan fingerprint density at radius 2 is 1.61 bits per heavy atom. The Morgan fingerprint density at radius 1 is 1.04 bits per heavy atom. The van der Waals surface area contributed by atoms with Crippen LogP contribution in [0.15, 0.2) is 48.5 Å². The fourth-order valence-corrected chi connectivity index (χ4v) is 2.01. The average Bonchev–Trinajstić information content (AvgIpc) is 2.58. The normalized spacial score (nSPS) is 10.3. The minimum atomic E-state index is -0.0233. The molecule has 0 heterocycles. The van der Waals surface area contributed by atoms with E-state index >= 15 is 0 Å². The van der Waals surface area contributed by atoms with Crippen molar-refractivity contribution < 1.29 is 14.3 Å². The number of carbonyl (C=O) groups is 1. The molecule has 2 aromatic rings. The molecule has 0 radical (unpaired) electrons. The van der Waals surface area contributed by atoms with Gasteiger partial charge in [-0.3, -0.25) is 4.79 Å². The molecule has 0 unspecified atom stereocenters. The Morgan fingerprint density at radius 3 is 2.13 bits per heavy atom. The average molecular weight is 308 g/mol. The number of ketones is 1. The molecule has 0 aromatic heterocycles. The Labute approximate surface area is 137 Å². The Hall–Kier alpha value is -2.57. The first kappa shape index (κ1) is 16.8. The molecule has 0 amide bonds. The maximum absolute atomic E-state index is 12.4. The molecule has 0 fully saturated rings. The minimum absolute atomic E-state index is 0.0233. The van der Waals surface area contributed by atoms with Crippen molar-refractivity contribution in [2.75, 3.05) is 6.61 Å². The number of ether oxygens (including phenoxy) is 2. The highest BCUT2D eigenvalue weighted by Gasteiger charge is 2.09. The van der Waals surface area contributed by atoms with Gasteiger partial charge in [0.25, 0.3) is 0 Å². The highest BCUT2D eigenvalue weighted by molar-refractivity contribution is 6.09. The van der Waals surface area contributed by atoms with Gasteiger partial charge in [-0.05, 0) is 43.7 Å². The second kappa shape index (κ2) is 8.17. The van der Waals surface area contributed by atoms with Crippen LogP contribution in [0.25, 0.3) is 0 Å². The Kier molecular flexibility index (Phi) is 5.96. The molecule has 0 saturated carbocycles. The first-order valence-electron chi connectivity index (χ1n) is 7.51. The summed E-state index contributed by atoms with van der Waals surface area (Å²) in [6.45, 7) is 4.75. The lowest BCUT2D eigenvalue weighted by Gasteiger charge is -2.08. The summed E-state index contributed by atoms with van der Waals surface area (Å²) in [6.07, 6.45) is 5.33. The maximum Gasteiger partial charge on any atom is 0.193 e. The lowest BCUT2D eigenvalue weighted by molar-refractivity contribution is 0.0657. The molecule has 3 nitrogen and oxygen atoms in total. The summed E-state index contributed by atoms with van der Waals surface area (Å²) < 4.78 is 10.8. The van der Waals surface area contributed by atoms with Crippen LogP contribution in [-0.4, -0.2) is 18.5 Å². The van der Waals surface area contributed by atoms with E-state index in [9.17, 15) is 4.79 Å². The number of benzene rings is 2. The van der Waals surface area contributed by atoms with Gasteiger partial charge in [-0.15, -0.1) is 6.42 Å². The summed E-state index contributed by atoms with van der Waals surface area (Å²) in [5, 5.41) is 0.